The first-order valence-corrected chi connectivity index (χ1v) is 10.2. The Morgan fingerprint density at radius 2 is 1.69 bits per heavy atom. The minimum absolute atomic E-state index is 0.246. The minimum Gasteiger partial charge on any atom is -0.266 e. The van der Waals surface area contributed by atoms with Crippen LogP contribution in [0.15, 0.2) is 71.8 Å². The number of aryl methyl sites for hydroxylation is 1. The molecule has 0 spiro atoms. The molecule has 0 saturated carbocycles. The molecule has 26 heavy (non-hydrogen) atoms. The summed E-state index contributed by atoms with van der Waals surface area (Å²) < 4.78 is 29.3. The van der Waals surface area contributed by atoms with E-state index in [1.165, 1.54) is 0 Å². The first-order chi connectivity index (χ1) is 12.6. The van der Waals surface area contributed by atoms with Crippen LogP contribution >= 0.6 is 0 Å². The predicted molar refractivity (Wildman–Crippen MR) is 104 cm³/mol. The largest absolute Gasteiger partial charge is 0.266 e. The van der Waals surface area contributed by atoms with Crippen LogP contribution in [-0.2, 0) is 23.0 Å². The monoisotopic (exact) mass is 369 g/mol. The van der Waals surface area contributed by atoms with E-state index in [0.717, 1.165) is 30.4 Å². The number of sulfonamides is 1. The van der Waals surface area contributed by atoms with Crippen molar-refractivity contribution in [1.29, 1.82) is 0 Å². The Labute approximate surface area is 154 Å². The first kappa shape index (κ1) is 18.2. The molecule has 0 aliphatic rings. The summed E-state index contributed by atoms with van der Waals surface area (Å²) in [7, 11) is -3.64. The van der Waals surface area contributed by atoms with Gasteiger partial charge in [0, 0.05) is 12.3 Å². The molecular weight excluding hydrogens is 346 g/mol. The molecule has 1 aromatic heterocycles. The highest BCUT2D eigenvalue weighted by molar-refractivity contribution is 7.92. The minimum atomic E-state index is -3.64. The molecule has 3 aromatic rings. The Morgan fingerprint density at radius 3 is 2.38 bits per heavy atom. The van der Waals surface area contributed by atoms with Crippen molar-refractivity contribution in [2.24, 2.45) is 0 Å². The molecule has 0 atom stereocenters. The third-order valence-electron chi connectivity index (χ3n) is 4.12. The maximum Gasteiger partial charge on any atom is 0.263 e. The Bertz CT molecular complexity index is 933. The highest BCUT2D eigenvalue weighted by atomic mass is 32.2. The van der Waals surface area contributed by atoms with Crippen molar-refractivity contribution in [1.82, 2.24) is 9.78 Å². The number of nitrogens with one attached hydrogen (secondary N) is 1. The number of nitrogens with zero attached hydrogens (tertiary/aromatic N) is 2. The molecule has 2 aromatic carbocycles. The lowest BCUT2D eigenvalue weighted by Crippen LogP contribution is -2.14. The molecule has 0 saturated heterocycles. The van der Waals surface area contributed by atoms with Gasteiger partial charge >= 0.3 is 0 Å². The van der Waals surface area contributed by atoms with Gasteiger partial charge in [0.05, 0.1) is 11.4 Å². The van der Waals surface area contributed by atoms with Crippen molar-refractivity contribution in [2.75, 3.05) is 4.72 Å². The van der Waals surface area contributed by atoms with E-state index in [0.29, 0.717) is 12.4 Å². The Balaban J connectivity index is 1.67. The summed E-state index contributed by atoms with van der Waals surface area (Å²) >= 11 is 0. The van der Waals surface area contributed by atoms with E-state index in [-0.39, 0.29) is 4.90 Å². The van der Waals surface area contributed by atoms with Crippen molar-refractivity contribution < 1.29 is 8.42 Å². The fraction of sp³-hybridized carbons (Fsp3) is 0.250. The fourth-order valence-corrected chi connectivity index (χ4v) is 3.68. The zero-order valence-corrected chi connectivity index (χ0v) is 15.6. The average molecular weight is 369 g/mol. The summed E-state index contributed by atoms with van der Waals surface area (Å²) in [5.41, 5.74) is 2.26. The van der Waals surface area contributed by atoms with E-state index in [9.17, 15) is 8.42 Å². The topological polar surface area (TPSA) is 64.0 Å². The Hall–Kier alpha value is -2.60. The second kappa shape index (κ2) is 8.19. The average Bonchev–Trinajstić information content (AvgIpc) is 3.07. The number of unbranched alkanes of at least 4 members (excludes halogenated alkanes) is 1. The number of aromatic nitrogens is 2. The first-order valence-electron chi connectivity index (χ1n) is 8.76. The van der Waals surface area contributed by atoms with E-state index in [1.807, 2.05) is 42.5 Å². The molecule has 136 valence electrons. The van der Waals surface area contributed by atoms with Crippen LogP contribution in [0.2, 0.25) is 0 Å². The van der Waals surface area contributed by atoms with Gasteiger partial charge in [-0.2, -0.15) is 5.10 Å². The van der Waals surface area contributed by atoms with Crippen LogP contribution < -0.4 is 4.72 Å². The quantitative estimate of drug-likeness (QED) is 0.651. The number of rotatable bonds is 8. The van der Waals surface area contributed by atoms with Crippen molar-refractivity contribution in [3.8, 4) is 0 Å². The van der Waals surface area contributed by atoms with Crippen LogP contribution in [0.3, 0.4) is 0 Å². The molecular formula is C20H23N3O2S. The van der Waals surface area contributed by atoms with Gasteiger partial charge in [-0.25, -0.2) is 8.42 Å². The fourth-order valence-electron chi connectivity index (χ4n) is 2.69. The van der Waals surface area contributed by atoms with Crippen LogP contribution in [0.4, 0.5) is 5.82 Å². The summed E-state index contributed by atoms with van der Waals surface area (Å²) in [5, 5.41) is 4.30. The standard InChI is InChI=1S/C20H23N3O2S/c1-2-3-7-17-10-12-19(13-11-17)26(24,25)22-20-14-15-23(21-20)16-18-8-5-4-6-9-18/h4-6,8-15H,2-3,7,16H2,1H3,(H,21,22). The maximum atomic E-state index is 12.5. The third kappa shape index (κ3) is 4.73. The molecule has 0 bridgehead atoms. The van der Waals surface area contributed by atoms with Crippen LogP contribution in [0, 0.1) is 0 Å². The Morgan fingerprint density at radius 1 is 0.962 bits per heavy atom. The molecule has 6 heteroatoms. The van der Waals surface area contributed by atoms with Gasteiger partial charge in [-0.15, -0.1) is 0 Å². The lowest BCUT2D eigenvalue weighted by atomic mass is 10.1. The highest BCUT2D eigenvalue weighted by Crippen LogP contribution is 2.16. The van der Waals surface area contributed by atoms with Gasteiger partial charge < -0.3 is 0 Å². The molecule has 1 heterocycles. The number of hydrogen-bond donors (Lipinski definition) is 1. The van der Waals surface area contributed by atoms with E-state index < -0.39 is 10.0 Å². The second-order valence-corrected chi connectivity index (χ2v) is 7.92. The van der Waals surface area contributed by atoms with Gasteiger partial charge in [0.25, 0.3) is 10.0 Å². The number of anilines is 1. The van der Waals surface area contributed by atoms with Crippen molar-refractivity contribution in [3.63, 3.8) is 0 Å². The summed E-state index contributed by atoms with van der Waals surface area (Å²) in [4.78, 5) is 0.246. The van der Waals surface area contributed by atoms with Gasteiger partial charge in [-0.3, -0.25) is 9.40 Å². The second-order valence-electron chi connectivity index (χ2n) is 6.24. The normalized spacial score (nSPS) is 11.4. The van der Waals surface area contributed by atoms with Crippen LogP contribution in [0.25, 0.3) is 0 Å². The molecule has 5 nitrogen and oxygen atoms in total. The number of hydrogen-bond acceptors (Lipinski definition) is 3. The highest BCUT2D eigenvalue weighted by Gasteiger charge is 2.15. The van der Waals surface area contributed by atoms with Crippen molar-refractivity contribution >= 4 is 15.8 Å². The van der Waals surface area contributed by atoms with E-state index >= 15 is 0 Å². The van der Waals surface area contributed by atoms with Gasteiger partial charge in [0.1, 0.15) is 0 Å². The van der Waals surface area contributed by atoms with Gasteiger partial charge in [-0.1, -0.05) is 55.8 Å². The summed E-state index contributed by atoms with van der Waals surface area (Å²) in [5.74, 6) is 0.316. The van der Waals surface area contributed by atoms with Crippen molar-refractivity contribution in [2.45, 2.75) is 37.6 Å². The predicted octanol–water partition coefficient (Wildman–Crippen LogP) is 4.07. The summed E-state index contributed by atoms with van der Waals surface area (Å²) in [6.07, 6.45) is 4.95. The van der Waals surface area contributed by atoms with Gasteiger partial charge in [0.15, 0.2) is 5.82 Å². The Kier molecular flexibility index (Phi) is 5.73. The van der Waals surface area contributed by atoms with Gasteiger partial charge in [0.2, 0.25) is 0 Å². The van der Waals surface area contributed by atoms with Crippen molar-refractivity contribution in [3.05, 3.63) is 78.0 Å². The molecule has 3 rings (SSSR count). The van der Waals surface area contributed by atoms with E-state index in [4.69, 9.17) is 0 Å². The molecule has 0 unspecified atom stereocenters. The van der Waals surface area contributed by atoms with E-state index in [1.54, 1.807) is 29.1 Å². The molecule has 0 radical (unpaired) electrons. The molecule has 0 fully saturated rings. The SMILES string of the molecule is CCCCc1ccc(S(=O)(=O)Nc2ccn(Cc3ccccc3)n2)cc1. The van der Waals surface area contributed by atoms with Gasteiger partial charge in [-0.05, 0) is 36.1 Å². The maximum absolute atomic E-state index is 12.5. The van der Waals surface area contributed by atoms with Crippen LogP contribution in [-0.4, -0.2) is 18.2 Å². The lowest BCUT2D eigenvalue weighted by molar-refractivity contribution is 0.600. The molecule has 0 aliphatic heterocycles. The molecule has 0 aliphatic carbocycles. The van der Waals surface area contributed by atoms with E-state index in [2.05, 4.69) is 16.7 Å². The molecule has 1 N–H and O–H groups in total. The zero-order chi connectivity index (χ0) is 18.4. The summed E-state index contributed by atoms with van der Waals surface area (Å²) in [6.45, 7) is 2.73. The lowest BCUT2D eigenvalue weighted by Gasteiger charge is -2.07. The van der Waals surface area contributed by atoms with Crippen LogP contribution in [0.1, 0.15) is 30.9 Å². The van der Waals surface area contributed by atoms with Crippen LogP contribution in [0.5, 0.6) is 0 Å². The summed E-state index contributed by atoms with van der Waals surface area (Å²) in [6, 6.07) is 18.6. The zero-order valence-electron chi connectivity index (χ0n) is 14.8. The smallest absolute Gasteiger partial charge is 0.263 e. The molecule has 0 amide bonds. The third-order valence-corrected chi connectivity index (χ3v) is 5.49. The number of benzene rings is 2.